The third-order valence-electron chi connectivity index (χ3n) is 6.38. The fourth-order valence-corrected chi connectivity index (χ4v) is 5.61. The maximum absolute atomic E-state index is 14.0. The second-order valence-electron chi connectivity index (χ2n) is 8.88. The zero-order chi connectivity index (χ0) is 25.9. The minimum atomic E-state index is -0.920. The highest BCUT2D eigenvalue weighted by Gasteiger charge is 2.41. The van der Waals surface area contributed by atoms with Gasteiger partial charge in [0, 0.05) is 12.1 Å². The predicted octanol–water partition coefficient (Wildman–Crippen LogP) is 4.99. The molecule has 0 aliphatic carbocycles. The number of anilines is 1. The van der Waals surface area contributed by atoms with Crippen LogP contribution in [0.3, 0.4) is 0 Å². The highest BCUT2D eigenvalue weighted by atomic mass is 32.2. The van der Waals surface area contributed by atoms with Gasteiger partial charge in [-0.2, -0.15) is 5.10 Å². The Hall–Kier alpha value is -4.04. The molecule has 0 unspecified atom stereocenters. The van der Waals surface area contributed by atoms with Crippen LogP contribution in [0.25, 0.3) is 5.69 Å². The molecule has 1 aliphatic heterocycles. The number of nitrogens with one attached hydrogen (secondary N) is 1. The number of amides is 2. The molecule has 7 nitrogen and oxygen atoms in total. The number of thioether (sulfide) groups is 1. The molecule has 5 rings (SSSR count). The molecule has 0 bridgehead atoms. The molecule has 0 saturated carbocycles. The van der Waals surface area contributed by atoms with Crippen LogP contribution >= 0.6 is 11.8 Å². The first kappa shape index (κ1) is 24.6. The quantitative estimate of drug-likeness (QED) is 0.394. The maximum Gasteiger partial charge on any atom is 0.248 e. The summed E-state index contributed by atoms with van der Waals surface area (Å²) in [6, 6.07) is 24.1. The lowest BCUT2D eigenvalue weighted by molar-refractivity contribution is -0.126. The van der Waals surface area contributed by atoms with E-state index in [0.717, 1.165) is 21.8 Å². The van der Waals surface area contributed by atoms with E-state index in [1.165, 1.54) is 11.8 Å². The van der Waals surface area contributed by atoms with Gasteiger partial charge < -0.3 is 10.1 Å². The number of carbonyl (C=O) groups is 2. The molecule has 2 amide bonds. The first-order valence-electron chi connectivity index (χ1n) is 12.0. The van der Waals surface area contributed by atoms with Crippen LogP contribution in [0, 0.1) is 13.8 Å². The SMILES string of the molecule is COc1ccccc1N1C(=O)CSc2c(c(C)nn2-c2ccccc2)[C@@H]1C(=O)NCc1ccc(C)cc1. The lowest BCUT2D eigenvalue weighted by Gasteiger charge is -2.30. The Kier molecular flexibility index (Phi) is 7.01. The van der Waals surface area contributed by atoms with Crippen molar-refractivity contribution in [3.05, 3.63) is 101 Å². The topological polar surface area (TPSA) is 76.5 Å². The number of nitrogens with zero attached hydrogens (tertiary/aromatic N) is 3. The third-order valence-corrected chi connectivity index (χ3v) is 7.43. The molecule has 3 aromatic carbocycles. The molecular formula is C29H28N4O3S. The summed E-state index contributed by atoms with van der Waals surface area (Å²) >= 11 is 1.40. The fourth-order valence-electron chi connectivity index (χ4n) is 4.53. The standard InChI is InChI=1S/C29H28N4O3S/c1-19-13-15-21(16-14-19)17-30-28(35)27-26-20(2)31-33(22-9-5-4-6-10-22)29(26)37-18-25(34)32(27)23-11-7-8-12-24(23)36-3/h4-16,27H,17-18H2,1-3H3,(H,30,35)/t27-/m1/s1. The monoisotopic (exact) mass is 512 g/mol. The second-order valence-corrected chi connectivity index (χ2v) is 9.85. The lowest BCUT2D eigenvalue weighted by Crippen LogP contribution is -2.44. The molecule has 2 heterocycles. The molecule has 188 valence electrons. The number of carbonyl (C=O) groups excluding carboxylic acids is 2. The van der Waals surface area contributed by atoms with E-state index in [1.807, 2.05) is 91.3 Å². The van der Waals surface area contributed by atoms with E-state index in [2.05, 4.69) is 5.32 Å². The highest BCUT2D eigenvalue weighted by molar-refractivity contribution is 8.00. The van der Waals surface area contributed by atoms with Gasteiger partial charge in [0.05, 0.1) is 29.9 Å². The number of hydrogen-bond acceptors (Lipinski definition) is 5. The zero-order valence-electron chi connectivity index (χ0n) is 21.0. The Morgan fingerprint density at radius 3 is 2.46 bits per heavy atom. The number of hydrogen-bond donors (Lipinski definition) is 1. The number of ether oxygens (including phenoxy) is 1. The number of aryl methyl sites for hydroxylation is 2. The van der Waals surface area contributed by atoms with E-state index in [1.54, 1.807) is 18.1 Å². The van der Waals surface area contributed by atoms with Crippen molar-refractivity contribution >= 4 is 29.3 Å². The van der Waals surface area contributed by atoms with Gasteiger partial charge in [-0.05, 0) is 43.7 Å². The van der Waals surface area contributed by atoms with Gasteiger partial charge in [-0.3, -0.25) is 14.5 Å². The average molecular weight is 513 g/mol. The van der Waals surface area contributed by atoms with Crippen LogP contribution in [0.1, 0.15) is 28.4 Å². The van der Waals surface area contributed by atoms with Crippen molar-refractivity contribution < 1.29 is 14.3 Å². The van der Waals surface area contributed by atoms with Crippen LogP contribution in [0.4, 0.5) is 5.69 Å². The molecule has 1 aromatic heterocycles. The summed E-state index contributed by atoms with van der Waals surface area (Å²) in [6.45, 7) is 4.25. The summed E-state index contributed by atoms with van der Waals surface area (Å²) < 4.78 is 7.42. The van der Waals surface area contributed by atoms with Crippen molar-refractivity contribution in [1.29, 1.82) is 0 Å². The molecule has 8 heteroatoms. The van der Waals surface area contributed by atoms with E-state index in [9.17, 15) is 9.59 Å². The molecule has 0 fully saturated rings. The van der Waals surface area contributed by atoms with Gasteiger partial charge in [0.15, 0.2) is 0 Å². The van der Waals surface area contributed by atoms with Crippen molar-refractivity contribution in [2.24, 2.45) is 0 Å². The van der Waals surface area contributed by atoms with Gasteiger partial charge in [-0.25, -0.2) is 4.68 Å². The van der Waals surface area contributed by atoms with Crippen molar-refractivity contribution in [1.82, 2.24) is 15.1 Å². The van der Waals surface area contributed by atoms with Gasteiger partial charge in [0.2, 0.25) is 11.8 Å². The number of aromatic nitrogens is 2. The highest BCUT2D eigenvalue weighted by Crippen LogP contribution is 2.43. The minimum absolute atomic E-state index is 0.157. The Labute approximate surface area is 220 Å². The van der Waals surface area contributed by atoms with Crippen molar-refractivity contribution in [2.45, 2.75) is 31.5 Å². The van der Waals surface area contributed by atoms with E-state index in [4.69, 9.17) is 9.84 Å². The summed E-state index contributed by atoms with van der Waals surface area (Å²) in [5, 5.41) is 8.66. The molecule has 0 saturated heterocycles. The summed E-state index contributed by atoms with van der Waals surface area (Å²) in [5.41, 5.74) is 4.96. The van der Waals surface area contributed by atoms with Crippen LogP contribution in [0.15, 0.2) is 83.9 Å². The van der Waals surface area contributed by atoms with E-state index >= 15 is 0 Å². The third kappa shape index (κ3) is 4.84. The summed E-state index contributed by atoms with van der Waals surface area (Å²) in [5.74, 6) is 0.221. The lowest BCUT2D eigenvalue weighted by atomic mass is 10.0. The van der Waals surface area contributed by atoms with Gasteiger partial charge in [0.1, 0.15) is 16.8 Å². The van der Waals surface area contributed by atoms with E-state index in [0.29, 0.717) is 29.2 Å². The summed E-state index contributed by atoms with van der Waals surface area (Å²) in [6.07, 6.45) is 0. The molecule has 37 heavy (non-hydrogen) atoms. The van der Waals surface area contributed by atoms with Gasteiger partial charge in [0.25, 0.3) is 0 Å². The van der Waals surface area contributed by atoms with Crippen LogP contribution < -0.4 is 15.0 Å². The summed E-state index contributed by atoms with van der Waals surface area (Å²) in [4.78, 5) is 29.2. The largest absolute Gasteiger partial charge is 0.495 e. The summed E-state index contributed by atoms with van der Waals surface area (Å²) in [7, 11) is 1.56. The first-order valence-corrected chi connectivity index (χ1v) is 13.0. The number of methoxy groups -OCH3 is 1. The Bertz CT molecular complexity index is 1430. The molecule has 0 radical (unpaired) electrons. The molecule has 1 N–H and O–H groups in total. The van der Waals surface area contributed by atoms with Crippen LogP contribution in [0.5, 0.6) is 5.75 Å². The fraction of sp³-hybridized carbons (Fsp3) is 0.207. The first-order chi connectivity index (χ1) is 18.0. The van der Waals surface area contributed by atoms with Gasteiger partial charge in [-0.1, -0.05) is 71.9 Å². The van der Waals surface area contributed by atoms with Gasteiger partial charge in [-0.15, -0.1) is 0 Å². The molecule has 1 atom stereocenters. The van der Waals surface area contributed by atoms with Crippen molar-refractivity contribution in [2.75, 3.05) is 17.8 Å². The normalized spacial score (nSPS) is 15.2. The molecule has 1 aliphatic rings. The Balaban J connectivity index is 1.63. The average Bonchev–Trinajstić information content (AvgIpc) is 3.16. The zero-order valence-corrected chi connectivity index (χ0v) is 21.8. The number of benzene rings is 3. The van der Waals surface area contributed by atoms with E-state index < -0.39 is 6.04 Å². The second kappa shape index (κ2) is 10.5. The van der Waals surface area contributed by atoms with Crippen molar-refractivity contribution in [3.63, 3.8) is 0 Å². The molecular weight excluding hydrogens is 484 g/mol. The van der Waals surface area contributed by atoms with Crippen molar-refractivity contribution in [3.8, 4) is 11.4 Å². The van der Waals surface area contributed by atoms with Crippen LogP contribution in [0.2, 0.25) is 0 Å². The van der Waals surface area contributed by atoms with E-state index in [-0.39, 0.29) is 17.6 Å². The predicted molar refractivity (Wildman–Crippen MR) is 145 cm³/mol. The van der Waals surface area contributed by atoms with Crippen LogP contribution in [-0.2, 0) is 16.1 Å². The Morgan fingerprint density at radius 1 is 1.03 bits per heavy atom. The number of rotatable bonds is 6. The molecule has 4 aromatic rings. The number of para-hydroxylation sites is 3. The van der Waals surface area contributed by atoms with Crippen LogP contribution in [-0.4, -0.2) is 34.5 Å². The molecule has 0 spiro atoms. The smallest absolute Gasteiger partial charge is 0.248 e. The maximum atomic E-state index is 14.0. The Morgan fingerprint density at radius 2 is 1.73 bits per heavy atom. The van der Waals surface area contributed by atoms with Gasteiger partial charge >= 0.3 is 0 Å². The number of fused-ring (bicyclic) bond motifs is 1. The minimum Gasteiger partial charge on any atom is -0.495 e.